The van der Waals surface area contributed by atoms with E-state index in [9.17, 15) is 14.7 Å². The lowest BCUT2D eigenvalue weighted by atomic mass is 9.69. The Labute approximate surface area is 143 Å². The second-order valence-electron chi connectivity index (χ2n) is 7.04. The van der Waals surface area contributed by atoms with E-state index in [1.807, 2.05) is 18.2 Å². The molecular weight excluding hydrogens is 304 g/mol. The van der Waals surface area contributed by atoms with Crippen LogP contribution in [0.1, 0.15) is 46.0 Å². The fraction of sp³-hybridized carbons (Fsp3) is 0.500. The Bertz CT molecular complexity index is 624. The largest absolute Gasteiger partial charge is 0.478 e. The van der Waals surface area contributed by atoms with E-state index in [4.69, 9.17) is 4.74 Å². The van der Waals surface area contributed by atoms with Crippen molar-refractivity contribution in [3.8, 4) is 0 Å². The summed E-state index contributed by atoms with van der Waals surface area (Å²) in [4.78, 5) is 22.9. The Kier molecular flexibility index (Phi) is 5.81. The van der Waals surface area contributed by atoms with Gasteiger partial charge in [-0.1, -0.05) is 32.6 Å². The first-order valence-electron chi connectivity index (χ1n) is 8.48. The molecule has 0 fully saturated rings. The third kappa shape index (κ3) is 4.25. The van der Waals surface area contributed by atoms with Crippen molar-refractivity contribution in [1.82, 2.24) is 0 Å². The van der Waals surface area contributed by atoms with E-state index in [0.29, 0.717) is 30.1 Å². The van der Waals surface area contributed by atoms with Crippen molar-refractivity contribution in [2.75, 3.05) is 6.61 Å². The Morgan fingerprint density at radius 3 is 2.88 bits per heavy atom. The van der Waals surface area contributed by atoms with E-state index >= 15 is 0 Å². The van der Waals surface area contributed by atoms with Crippen molar-refractivity contribution in [3.05, 3.63) is 47.6 Å². The highest BCUT2D eigenvalue weighted by atomic mass is 16.5. The second kappa shape index (κ2) is 7.65. The van der Waals surface area contributed by atoms with Gasteiger partial charge in [0, 0.05) is 5.57 Å². The fourth-order valence-electron chi connectivity index (χ4n) is 3.28. The van der Waals surface area contributed by atoms with E-state index in [2.05, 4.69) is 20.4 Å². The van der Waals surface area contributed by atoms with Gasteiger partial charge in [-0.25, -0.2) is 9.59 Å². The van der Waals surface area contributed by atoms with Gasteiger partial charge in [0.05, 0.1) is 5.57 Å². The highest BCUT2D eigenvalue weighted by Crippen LogP contribution is 2.41. The maximum atomic E-state index is 11.6. The Balaban J connectivity index is 2.13. The van der Waals surface area contributed by atoms with Gasteiger partial charge in [0.25, 0.3) is 0 Å². The number of esters is 1. The number of allylic oxidation sites excluding steroid dienone is 3. The minimum Gasteiger partial charge on any atom is -0.478 e. The molecule has 0 saturated heterocycles. The Morgan fingerprint density at radius 2 is 2.25 bits per heavy atom. The molecule has 1 aliphatic heterocycles. The zero-order chi connectivity index (χ0) is 17.7. The number of carboxylic acid groups (broad SMARTS) is 1. The molecule has 4 nitrogen and oxygen atoms in total. The third-order valence-corrected chi connectivity index (χ3v) is 5.44. The minimum absolute atomic E-state index is 0.0507. The number of hydrogen-bond acceptors (Lipinski definition) is 3. The van der Waals surface area contributed by atoms with Gasteiger partial charge in [-0.2, -0.15) is 0 Å². The van der Waals surface area contributed by atoms with Crippen LogP contribution >= 0.6 is 0 Å². The smallest absolute Gasteiger partial charge is 0.335 e. The van der Waals surface area contributed by atoms with Gasteiger partial charge in [-0.05, 0) is 61.2 Å². The number of carbonyl (C=O) groups is 2. The average molecular weight is 330 g/mol. The minimum atomic E-state index is -0.924. The molecule has 2 rings (SSSR count). The van der Waals surface area contributed by atoms with Crippen LogP contribution in [0, 0.1) is 11.3 Å². The summed E-state index contributed by atoms with van der Waals surface area (Å²) in [6, 6.07) is 0. The molecule has 24 heavy (non-hydrogen) atoms. The van der Waals surface area contributed by atoms with E-state index in [0.717, 1.165) is 31.3 Å². The summed E-state index contributed by atoms with van der Waals surface area (Å²) in [7, 11) is 0. The first-order chi connectivity index (χ1) is 11.3. The molecule has 1 N–H and O–H groups in total. The summed E-state index contributed by atoms with van der Waals surface area (Å²) in [6.45, 7) is 8.78. The fourth-order valence-corrected chi connectivity index (χ4v) is 3.28. The molecule has 0 saturated carbocycles. The molecule has 0 amide bonds. The van der Waals surface area contributed by atoms with Gasteiger partial charge in [-0.3, -0.25) is 0 Å². The maximum Gasteiger partial charge on any atom is 0.335 e. The van der Waals surface area contributed by atoms with Crippen molar-refractivity contribution >= 4 is 11.9 Å². The van der Waals surface area contributed by atoms with E-state index < -0.39 is 5.97 Å². The lowest BCUT2D eigenvalue weighted by Gasteiger charge is -2.36. The van der Waals surface area contributed by atoms with Crippen LogP contribution in [0.25, 0.3) is 0 Å². The topological polar surface area (TPSA) is 63.6 Å². The number of carboxylic acids is 1. The molecule has 0 aromatic heterocycles. The van der Waals surface area contributed by atoms with Crippen molar-refractivity contribution < 1.29 is 19.4 Å². The van der Waals surface area contributed by atoms with Gasteiger partial charge in [0.1, 0.15) is 6.61 Å². The zero-order valence-corrected chi connectivity index (χ0v) is 14.5. The predicted molar refractivity (Wildman–Crippen MR) is 93.4 cm³/mol. The average Bonchev–Trinajstić information content (AvgIpc) is 2.94. The van der Waals surface area contributed by atoms with Gasteiger partial charge < -0.3 is 9.84 Å². The molecule has 0 spiro atoms. The van der Waals surface area contributed by atoms with Crippen molar-refractivity contribution in [2.45, 2.75) is 46.0 Å². The molecule has 2 atom stereocenters. The molecule has 130 valence electrons. The molecule has 0 aromatic rings. The lowest BCUT2D eigenvalue weighted by Crippen LogP contribution is -2.26. The van der Waals surface area contributed by atoms with Gasteiger partial charge in [0.15, 0.2) is 0 Å². The molecule has 2 aliphatic rings. The highest BCUT2D eigenvalue weighted by Gasteiger charge is 2.31. The zero-order valence-electron chi connectivity index (χ0n) is 14.5. The first-order valence-corrected chi connectivity index (χ1v) is 8.48. The summed E-state index contributed by atoms with van der Waals surface area (Å²) in [5.74, 6) is -0.721. The molecule has 0 aromatic carbocycles. The van der Waals surface area contributed by atoms with Crippen LogP contribution in [0.2, 0.25) is 0 Å². The Morgan fingerprint density at radius 1 is 1.50 bits per heavy atom. The van der Waals surface area contributed by atoms with Crippen LogP contribution in [-0.2, 0) is 14.3 Å². The first kappa shape index (κ1) is 18.2. The standard InChI is InChI=1S/C20H26O4/c1-14-7-8-15(2)20(3,11-5-4-6-17(14)18(21)22)12-9-16-10-13-24-19(16)23/h4-6,10,15H,1,7-9,11-13H2,2-3H3,(H,21,22)/b5-4-,17-6+/t15-,20+/m1/s1. The summed E-state index contributed by atoms with van der Waals surface area (Å²) in [5, 5.41) is 9.27. The van der Waals surface area contributed by atoms with Gasteiger partial charge in [0.2, 0.25) is 0 Å². The highest BCUT2D eigenvalue weighted by molar-refractivity contribution is 5.92. The number of carbonyl (C=O) groups excluding carboxylic acids is 1. The van der Waals surface area contributed by atoms with Crippen LogP contribution in [0.15, 0.2) is 47.6 Å². The van der Waals surface area contributed by atoms with Crippen LogP contribution in [-0.4, -0.2) is 23.7 Å². The van der Waals surface area contributed by atoms with Crippen molar-refractivity contribution in [1.29, 1.82) is 0 Å². The molecule has 1 heterocycles. The van der Waals surface area contributed by atoms with Crippen molar-refractivity contribution in [2.24, 2.45) is 11.3 Å². The molecule has 1 aliphatic carbocycles. The molecule has 0 unspecified atom stereocenters. The van der Waals surface area contributed by atoms with Gasteiger partial charge >= 0.3 is 11.9 Å². The van der Waals surface area contributed by atoms with E-state index in [1.54, 1.807) is 6.08 Å². The lowest BCUT2D eigenvalue weighted by molar-refractivity contribution is -0.136. The van der Waals surface area contributed by atoms with Crippen LogP contribution in [0.5, 0.6) is 0 Å². The molecule has 4 heteroatoms. The molecular formula is C20H26O4. The third-order valence-electron chi connectivity index (χ3n) is 5.44. The normalized spacial score (nSPS) is 31.7. The second-order valence-corrected chi connectivity index (χ2v) is 7.04. The summed E-state index contributed by atoms with van der Waals surface area (Å²) < 4.78 is 4.97. The van der Waals surface area contributed by atoms with Crippen molar-refractivity contribution in [3.63, 3.8) is 0 Å². The maximum absolute atomic E-state index is 11.6. The number of rotatable bonds is 4. The molecule has 0 radical (unpaired) electrons. The number of cyclic esters (lactones) is 1. The summed E-state index contributed by atoms with van der Waals surface area (Å²) >= 11 is 0. The number of ether oxygens (including phenoxy) is 1. The predicted octanol–water partition coefficient (Wildman–Crippen LogP) is 4.20. The van der Waals surface area contributed by atoms with Crippen LogP contribution < -0.4 is 0 Å². The summed E-state index contributed by atoms with van der Waals surface area (Å²) in [5.41, 5.74) is 1.79. The Hall–Kier alpha value is -2.10. The van der Waals surface area contributed by atoms with E-state index in [-0.39, 0.29) is 11.4 Å². The van der Waals surface area contributed by atoms with Crippen LogP contribution in [0.4, 0.5) is 0 Å². The van der Waals surface area contributed by atoms with E-state index in [1.165, 1.54) is 0 Å². The molecule has 0 bridgehead atoms. The number of hydrogen-bond donors (Lipinski definition) is 1. The summed E-state index contributed by atoms with van der Waals surface area (Å²) in [6.07, 6.45) is 11.4. The van der Waals surface area contributed by atoms with Crippen LogP contribution in [0.3, 0.4) is 0 Å². The SMILES string of the molecule is C=C1CC[C@@H](C)[C@](C)(CCC2=CCOC2=O)C/C=C\C=C/1C(=O)O. The number of aliphatic carboxylic acids is 1. The van der Waals surface area contributed by atoms with Gasteiger partial charge in [-0.15, -0.1) is 0 Å². The monoisotopic (exact) mass is 330 g/mol. The quantitative estimate of drug-likeness (QED) is 0.785.